The third-order valence-electron chi connectivity index (χ3n) is 4.04. The number of rotatable bonds is 3. The van der Waals surface area contributed by atoms with Gasteiger partial charge in [0.05, 0.1) is 6.17 Å². The molecule has 6 heteroatoms. The first-order valence-electron chi connectivity index (χ1n) is 7.90. The Labute approximate surface area is 136 Å². The van der Waals surface area contributed by atoms with Crippen LogP contribution in [0.2, 0.25) is 0 Å². The van der Waals surface area contributed by atoms with Crippen molar-refractivity contribution in [3.05, 3.63) is 42.5 Å². The molecule has 3 unspecified atom stereocenters. The van der Waals surface area contributed by atoms with Crippen LogP contribution in [-0.4, -0.2) is 31.6 Å². The number of urea groups is 1. The number of hydrogen-bond acceptors (Lipinski definition) is 4. The number of amides is 2. The molecule has 3 rings (SSSR count). The van der Waals surface area contributed by atoms with Gasteiger partial charge >= 0.3 is 6.03 Å². The fourth-order valence-corrected chi connectivity index (χ4v) is 2.87. The number of carbonyl (C=O) groups is 1. The largest absolute Gasteiger partial charge is 0.321 e. The molecule has 1 aliphatic heterocycles. The molecule has 3 atom stereocenters. The van der Waals surface area contributed by atoms with E-state index in [1.165, 1.54) is 0 Å². The third-order valence-corrected chi connectivity index (χ3v) is 4.04. The minimum absolute atomic E-state index is 0.178. The van der Waals surface area contributed by atoms with Crippen LogP contribution in [0.1, 0.15) is 13.3 Å². The van der Waals surface area contributed by atoms with E-state index in [1.807, 2.05) is 49.5 Å². The van der Waals surface area contributed by atoms with Gasteiger partial charge in [-0.2, -0.15) is 0 Å². The molecule has 6 nitrogen and oxygen atoms in total. The number of hydrogen-bond donors (Lipinski definition) is 5. The van der Waals surface area contributed by atoms with E-state index < -0.39 is 0 Å². The Hall–Kier alpha value is -2.15. The van der Waals surface area contributed by atoms with Crippen molar-refractivity contribution < 1.29 is 4.79 Å². The van der Waals surface area contributed by atoms with E-state index in [9.17, 15) is 4.79 Å². The molecule has 122 valence electrons. The zero-order valence-corrected chi connectivity index (χ0v) is 13.4. The normalized spacial score (nSPS) is 24.3. The van der Waals surface area contributed by atoms with Crippen LogP contribution >= 0.6 is 0 Å². The average molecular weight is 313 g/mol. The topological polar surface area (TPSA) is 77.2 Å². The Morgan fingerprint density at radius 1 is 1.13 bits per heavy atom. The molecular weight excluding hydrogens is 290 g/mol. The molecule has 2 aromatic rings. The minimum Gasteiger partial charge on any atom is -0.310 e. The summed E-state index contributed by atoms with van der Waals surface area (Å²) in [6.45, 7) is 2.10. The first-order valence-corrected chi connectivity index (χ1v) is 7.90. The molecule has 1 aliphatic rings. The second kappa shape index (κ2) is 6.95. The Morgan fingerprint density at radius 2 is 1.91 bits per heavy atom. The van der Waals surface area contributed by atoms with Crippen molar-refractivity contribution in [1.82, 2.24) is 21.3 Å². The van der Waals surface area contributed by atoms with Gasteiger partial charge in [0, 0.05) is 11.7 Å². The number of fused-ring (bicyclic) bond motifs is 1. The zero-order chi connectivity index (χ0) is 16.2. The lowest BCUT2D eigenvalue weighted by Gasteiger charge is -2.36. The van der Waals surface area contributed by atoms with Crippen LogP contribution in [-0.2, 0) is 0 Å². The van der Waals surface area contributed by atoms with E-state index in [-0.39, 0.29) is 18.5 Å². The second-order valence-electron chi connectivity index (χ2n) is 5.90. The summed E-state index contributed by atoms with van der Waals surface area (Å²) in [6.07, 6.45) is 0.870. The van der Waals surface area contributed by atoms with Crippen molar-refractivity contribution >= 4 is 22.5 Å². The highest BCUT2D eigenvalue weighted by Gasteiger charge is 2.24. The minimum atomic E-state index is -0.267. The number of anilines is 1. The maximum absolute atomic E-state index is 12.2. The fourth-order valence-electron chi connectivity index (χ4n) is 2.87. The summed E-state index contributed by atoms with van der Waals surface area (Å²) in [5.41, 5.74) is 0.773. The zero-order valence-electron chi connectivity index (χ0n) is 13.4. The van der Waals surface area contributed by atoms with E-state index >= 15 is 0 Å². The fraction of sp³-hybridized carbons (Fsp3) is 0.353. The highest BCUT2D eigenvalue weighted by atomic mass is 16.2. The Bertz CT molecular complexity index is 689. The van der Waals surface area contributed by atoms with Gasteiger partial charge in [-0.1, -0.05) is 30.3 Å². The van der Waals surface area contributed by atoms with Gasteiger partial charge in [0.2, 0.25) is 0 Å². The molecular formula is C17H23N5O. The predicted molar refractivity (Wildman–Crippen MR) is 93.1 cm³/mol. The van der Waals surface area contributed by atoms with E-state index in [2.05, 4.69) is 33.5 Å². The monoisotopic (exact) mass is 313 g/mol. The van der Waals surface area contributed by atoms with Crippen LogP contribution in [0.3, 0.4) is 0 Å². The Morgan fingerprint density at radius 3 is 2.70 bits per heavy atom. The molecule has 5 N–H and O–H groups in total. The summed E-state index contributed by atoms with van der Waals surface area (Å²) in [7, 11) is 1.90. The summed E-state index contributed by atoms with van der Waals surface area (Å²) in [5.74, 6) is 0. The SMILES string of the molecule is CNC1CC(C)NC(NC(=O)Nc2ccc3ccccc3c2)N1. The van der Waals surface area contributed by atoms with Gasteiger partial charge in [0.15, 0.2) is 0 Å². The van der Waals surface area contributed by atoms with Crippen LogP contribution in [0.5, 0.6) is 0 Å². The van der Waals surface area contributed by atoms with E-state index in [0.717, 1.165) is 22.9 Å². The van der Waals surface area contributed by atoms with Crippen molar-refractivity contribution in [2.75, 3.05) is 12.4 Å². The van der Waals surface area contributed by atoms with Crippen molar-refractivity contribution in [3.8, 4) is 0 Å². The third kappa shape index (κ3) is 3.98. The number of carbonyl (C=O) groups excluding carboxylic acids is 1. The lowest BCUT2D eigenvalue weighted by molar-refractivity contribution is 0.198. The number of nitrogens with one attached hydrogen (secondary N) is 5. The summed E-state index contributed by atoms with van der Waals surface area (Å²) in [4.78, 5) is 12.2. The van der Waals surface area contributed by atoms with Crippen molar-refractivity contribution in [2.45, 2.75) is 31.8 Å². The van der Waals surface area contributed by atoms with Crippen LogP contribution in [0.4, 0.5) is 10.5 Å². The van der Waals surface area contributed by atoms with Crippen molar-refractivity contribution in [3.63, 3.8) is 0 Å². The highest BCUT2D eigenvalue weighted by Crippen LogP contribution is 2.18. The Balaban J connectivity index is 1.61. The van der Waals surface area contributed by atoms with Crippen molar-refractivity contribution in [2.24, 2.45) is 0 Å². The second-order valence-corrected chi connectivity index (χ2v) is 5.90. The highest BCUT2D eigenvalue weighted by molar-refractivity contribution is 5.93. The van der Waals surface area contributed by atoms with Crippen LogP contribution in [0.25, 0.3) is 10.8 Å². The molecule has 0 radical (unpaired) electrons. The van der Waals surface area contributed by atoms with E-state index in [0.29, 0.717) is 6.04 Å². The quantitative estimate of drug-likeness (QED) is 0.598. The van der Waals surface area contributed by atoms with Crippen molar-refractivity contribution in [1.29, 1.82) is 0 Å². The molecule has 0 aliphatic carbocycles. The molecule has 2 aromatic carbocycles. The summed E-state index contributed by atoms with van der Waals surface area (Å²) in [5, 5.41) is 17.8. The van der Waals surface area contributed by atoms with Crippen LogP contribution in [0.15, 0.2) is 42.5 Å². The standard InChI is InChI=1S/C17H23N5O/c1-11-9-15(18-2)21-16(19-11)22-17(23)20-14-8-7-12-5-3-4-6-13(12)10-14/h3-8,10-11,15-16,18-19,21H,9H2,1-2H3,(H2,20,22,23). The van der Waals surface area contributed by atoms with Gasteiger partial charge in [-0.15, -0.1) is 0 Å². The molecule has 0 spiro atoms. The van der Waals surface area contributed by atoms with Gasteiger partial charge < -0.3 is 16.0 Å². The Kier molecular flexibility index (Phi) is 4.76. The lowest BCUT2D eigenvalue weighted by atomic mass is 10.1. The summed E-state index contributed by atoms with van der Waals surface area (Å²) in [6, 6.07) is 14.0. The summed E-state index contributed by atoms with van der Waals surface area (Å²) < 4.78 is 0. The molecule has 0 saturated carbocycles. The summed E-state index contributed by atoms with van der Waals surface area (Å²) >= 11 is 0. The van der Waals surface area contributed by atoms with Gasteiger partial charge in [0.1, 0.15) is 6.29 Å². The smallest absolute Gasteiger partial charge is 0.310 e. The maximum atomic E-state index is 12.2. The van der Waals surface area contributed by atoms with E-state index in [4.69, 9.17) is 0 Å². The molecule has 0 aromatic heterocycles. The molecule has 1 heterocycles. The first kappa shape index (κ1) is 15.7. The molecule has 23 heavy (non-hydrogen) atoms. The molecule has 0 bridgehead atoms. The van der Waals surface area contributed by atoms with Crippen LogP contribution in [0, 0.1) is 0 Å². The average Bonchev–Trinajstić information content (AvgIpc) is 2.54. The van der Waals surface area contributed by atoms with E-state index in [1.54, 1.807) is 0 Å². The van der Waals surface area contributed by atoms with Gasteiger partial charge in [-0.3, -0.25) is 10.6 Å². The molecule has 1 saturated heterocycles. The van der Waals surface area contributed by atoms with Gasteiger partial charge in [-0.25, -0.2) is 4.79 Å². The predicted octanol–water partition coefficient (Wildman–Crippen LogP) is 1.76. The lowest BCUT2D eigenvalue weighted by Crippen LogP contribution is -2.67. The maximum Gasteiger partial charge on any atom is 0.321 e. The molecule has 2 amide bonds. The molecule has 1 fully saturated rings. The first-order chi connectivity index (χ1) is 11.1. The van der Waals surface area contributed by atoms with Crippen LogP contribution < -0.4 is 26.6 Å². The van der Waals surface area contributed by atoms with Gasteiger partial charge in [0.25, 0.3) is 0 Å². The number of benzene rings is 2. The van der Waals surface area contributed by atoms with Gasteiger partial charge in [-0.05, 0) is 43.3 Å².